The number of hydrogen-bond acceptors (Lipinski definition) is 2. The number of aliphatic hydroxyl groups excluding tert-OH is 1. The van der Waals surface area contributed by atoms with E-state index in [9.17, 15) is 18.3 Å². The third kappa shape index (κ3) is 3.25. The largest absolute Gasteiger partial charge is 0.388 e. The third-order valence-electron chi connectivity index (χ3n) is 3.53. The zero-order valence-corrected chi connectivity index (χ0v) is 11.5. The highest BCUT2D eigenvalue weighted by Crippen LogP contribution is 2.32. The zero-order valence-electron chi connectivity index (χ0n) is 11.5. The fourth-order valence-corrected chi connectivity index (χ4v) is 2.25. The van der Waals surface area contributed by atoms with Gasteiger partial charge in [0.05, 0.1) is 6.10 Å². The molecule has 0 aromatic heterocycles. The molecule has 0 saturated carbocycles. The average Bonchev–Trinajstić information content (AvgIpc) is 2.44. The minimum Gasteiger partial charge on any atom is -0.388 e. The molecule has 2 unspecified atom stereocenters. The molecular weight excluding hydrogens is 279 g/mol. The molecule has 2 rings (SSSR count). The summed E-state index contributed by atoms with van der Waals surface area (Å²) in [5.41, 5.74) is 6.46. The second-order valence-electron chi connectivity index (χ2n) is 4.96. The first kappa shape index (κ1) is 15.5. The van der Waals surface area contributed by atoms with Gasteiger partial charge in [-0.25, -0.2) is 13.2 Å². The van der Waals surface area contributed by atoms with Crippen molar-refractivity contribution in [2.45, 2.75) is 18.9 Å². The normalized spacial score (nSPS) is 14.0. The van der Waals surface area contributed by atoms with Crippen LogP contribution in [0, 0.1) is 24.4 Å². The summed E-state index contributed by atoms with van der Waals surface area (Å²) in [5, 5.41) is 10.3. The van der Waals surface area contributed by atoms with Crippen LogP contribution in [0.25, 0.3) is 0 Å². The molecule has 0 spiro atoms. The number of aryl methyl sites for hydroxylation is 1. The van der Waals surface area contributed by atoms with Crippen LogP contribution in [0.15, 0.2) is 36.4 Å². The van der Waals surface area contributed by atoms with Crippen LogP contribution in [0.3, 0.4) is 0 Å². The Morgan fingerprint density at radius 1 is 1.05 bits per heavy atom. The minimum absolute atomic E-state index is 0.0563. The number of hydrogen-bond donors (Lipinski definition) is 2. The van der Waals surface area contributed by atoms with Crippen LogP contribution in [0.1, 0.15) is 28.7 Å². The van der Waals surface area contributed by atoms with E-state index in [1.54, 1.807) is 13.0 Å². The van der Waals surface area contributed by atoms with Crippen LogP contribution in [0.4, 0.5) is 13.2 Å². The maximum absolute atomic E-state index is 13.8. The molecule has 0 heterocycles. The van der Waals surface area contributed by atoms with E-state index in [2.05, 4.69) is 0 Å². The predicted octanol–water partition coefficient (Wildman–Crippen LogP) is 3.19. The third-order valence-corrected chi connectivity index (χ3v) is 3.53. The summed E-state index contributed by atoms with van der Waals surface area (Å²) in [5.74, 6) is -2.73. The molecule has 0 aliphatic heterocycles. The second kappa shape index (κ2) is 6.28. The molecule has 0 aliphatic rings. The topological polar surface area (TPSA) is 46.2 Å². The van der Waals surface area contributed by atoms with Gasteiger partial charge in [0, 0.05) is 18.5 Å². The van der Waals surface area contributed by atoms with E-state index >= 15 is 0 Å². The lowest BCUT2D eigenvalue weighted by Crippen LogP contribution is -2.21. The maximum atomic E-state index is 13.8. The van der Waals surface area contributed by atoms with Crippen LogP contribution >= 0.6 is 0 Å². The quantitative estimate of drug-likeness (QED) is 0.910. The number of benzene rings is 2. The Bertz CT molecular complexity index is 645. The molecule has 112 valence electrons. The van der Waals surface area contributed by atoms with E-state index in [0.717, 1.165) is 12.1 Å². The van der Waals surface area contributed by atoms with Gasteiger partial charge in [-0.2, -0.15) is 0 Å². The van der Waals surface area contributed by atoms with Gasteiger partial charge in [-0.15, -0.1) is 0 Å². The highest BCUT2D eigenvalue weighted by molar-refractivity contribution is 5.30. The number of halogens is 3. The van der Waals surface area contributed by atoms with Crippen molar-refractivity contribution in [3.63, 3.8) is 0 Å². The summed E-state index contributed by atoms with van der Waals surface area (Å²) in [6, 6.07) is 7.37. The summed E-state index contributed by atoms with van der Waals surface area (Å²) in [6.45, 7) is 1.55. The van der Waals surface area contributed by atoms with Crippen LogP contribution < -0.4 is 5.73 Å². The molecule has 2 atom stereocenters. The molecule has 0 radical (unpaired) electrons. The molecular formula is C16H16F3NO. The van der Waals surface area contributed by atoms with Gasteiger partial charge in [0.25, 0.3) is 0 Å². The van der Waals surface area contributed by atoms with Crippen molar-refractivity contribution in [3.8, 4) is 0 Å². The van der Waals surface area contributed by atoms with Crippen molar-refractivity contribution in [2.75, 3.05) is 6.54 Å². The summed E-state index contributed by atoms with van der Waals surface area (Å²) in [4.78, 5) is 0. The molecule has 0 bridgehead atoms. The van der Waals surface area contributed by atoms with E-state index in [1.165, 1.54) is 18.2 Å². The molecule has 0 aliphatic carbocycles. The number of nitrogens with two attached hydrogens (primary N) is 1. The summed E-state index contributed by atoms with van der Waals surface area (Å²) in [6.07, 6.45) is -1.18. The summed E-state index contributed by atoms with van der Waals surface area (Å²) >= 11 is 0. The highest BCUT2D eigenvalue weighted by atomic mass is 19.1. The highest BCUT2D eigenvalue weighted by Gasteiger charge is 2.25. The molecule has 21 heavy (non-hydrogen) atoms. The Morgan fingerprint density at radius 3 is 2.33 bits per heavy atom. The Morgan fingerprint density at radius 2 is 1.76 bits per heavy atom. The summed E-state index contributed by atoms with van der Waals surface area (Å²) < 4.78 is 40.4. The smallest absolute Gasteiger partial charge is 0.129 e. The molecule has 2 aromatic rings. The van der Waals surface area contributed by atoms with Gasteiger partial charge in [-0.05, 0) is 35.7 Å². The Balaban J connectivity index is 2.37. The van der Waals surface area contributed by atoms with Crippen LogP contribution in [0.2, 0.25) is 0 Å². The zero-order chi connectivity index (χ0) is 15.6. The maximum Gasteiger partial charge on any atom is 0.129 e. The summed E-state index contributed by atoms with van der Waals surface area (Å²) in [7, 11) is 0. The first-order valence-corrected chi connectivity index (χ1v) is 6.53. The van der Waals surface area contributed by atoms with Gasteiger partial charge in [0.1, 0.15) is 17.5 Å². The van der Waals surface area contributed by atoms with Crippen molar-refractivity contribution >= 4 is 0 Å². The van der Waals surface area contributed by atoms with Gasteiger partial charge < -0.3 is 10.8 Å². The van der Waals surface area contributed by atoms with Crippen molar-refractivity contribution in [2.24, 2.45) is 5.73 Å². The molecule has 2 aromatic carbocycles. The van der Waals surface area contributed by atoms with Crippen molar-refractivity contribution < 1.29 is 18.3 Å². The van der Waals surface area contributed by atoms with Gasteiger partial charge in [0.2, 0.25) is 0 Å². The Kier molecular flexibility index (Phi) is 4.65. The number of rotatable bonds is 4. The Labute approximate surface area is 121 Å². The van der Waals surface area contributed by atoms with E-state index in [4.69, 9.17) is 5.73 Å². The minimum atomic E-state index is -1.18. The van der Waals surface area contributed by atoms with E-state index in [0.29, 0.717) is 11.1 Å². The van der Waals surface area contributed by atoms with Gasteiger partial charge in [-0.3, -0.25) is 0 Å². The van der Waals surface area contributed by atoms with Crippen LogP contribution in [-0.2, 0) is 0 Å². The molecule has 5 heteroatoms. The second-order valence-corrected chi connectivity index (χ2v) is 4.96. The molecule has 0 amide bonds. The van der Waals surface area contributed by atoms with E-state index in [-0.39, 0.29) is 12.1 Å². The van der Waals surface area contributed by atoms with E-state index in [1.807, 2.05) is 0 Å². The SMILES string of the molecule is Cc1ccc(C(O)C(CN)c2ccc(F)cc2F)cc1F. The fourth-order valence-electron chi connectivity index (χ4n) is 2.25. The van der Waals surface area contributed by atoms with Gasteiger partial charge >= 0.3 is 0 Å². The predicted molar refractivity (Wildman–Crippen MR) is 74.3 cm³/mol. The number of aliphatic hydroxyl groups is 1. The van der Waals surface area contributed by atoms with E-state index < -0.39 is 29.5 Å². The lowest BCUT2D eigenvalue weighted by atomic mass is 9.88. The molecule has 0 fully saturated rings. The lowest BCUT2D eigenvalue weighted by Gasteiger charge is -2.23. The van der Waals surface area contributed by atoms with Gasteiger partial charge in [0.15, 0.2) is 0 Å². The standard InChI is InChI=1S/C16H16F3NO/c1-9-2-3-10(6-14(9)18)16(21)13(8-20)12-5-4-11(17)7-15(12)19/h2-7,13,16,21H,8,20H2,1H3. The van der Waals surface area contributed by atoms with Crippen molar-refractivity contribution in [1.82, 2.24) is 0 Å². The fraction of sp³-hybridized carbons (Fsp3) is 0.250. The van der Waals surface area contributed by atoms with Crippen LogP contribution in [0.5, 0.6) is 0 Å². The van der Waals surface area contributed by atoms with Gasteiger partial charge in [-0.1, -0.05) is 18.2 Å². The molecule has 2 nitrogen and oxygen atoms in total. The molecule has 3 N–H and O–H groups in total. The Hall–Kier alpha value is -1.85. The first-order valence-electron chi connectivity index (χ1n) is 6.53. The monoisotopic (exact) mass is 295 g/mol. The van der Waals surface area contributed by atoms with Crippen LogP contribution in [-0.4, -0.2) is 11.7 Å². The average molecular weight is 295 g/mol. The van der Waals surface area contributed by atoms with Crippen molar-refractivity contribution in [1.29, 1.82) is 0 Å². The first-order chi connectivity index (χ1) is 9.93. The van der Waals surface area contributed by atoms with Crippen molar-refractivity contribution in [3.05, 3.63) is 70.5 Å². The lowest BCUT2D eigenvalue weighted by molar-refractivity contribution is 0.145. The molecule has 0 saturated heterocycles.